The fourth-order valence-electron chi connectivity index (χ4n) is 8.74. The fourth-order valence-corrected chi connectivity index (χ4v) is 8.74. The van der Waals surface area contributed by atoms with Crippen LogP contribution in [0.15, 0.2) is 0 Å². The maximum absolute atomic E-state index is 13.2. The van der Waals surface area contributed by atoms with E-state index >= 15 is 0 Å². The van der Waals surface area contributed by atoms with Crippen molar-refractivity contribution >= 4 is 17.9 Å². The van der Waals surface area contributed by atoms with Crippen LogP contribution in [0.1, 0.15) is 279 Å². The fraction of sp³-hybridized carbons (Fsp3) is 0.945. The summed E-state index contributed by atoms with van der Waals surface area (Å²) in [7, 11) is 2.13. The zero-order valence-corrected chi connectivity index (χ0v) is 42.7. The minimum absolute atomic E-state index is 0.0112. The van der Waals surface area contributed by atoms with Crippen molar-refractivity contribution in [2.24, 2.45) is 17.8 Å². The molecule has 0 bridgehead atoms. The van der Waals surface area contributed by atoms with E-state index in [0.29, 0.717) is 50.5 Å². The highest BCUT2D eigenvalue weighted by atomic mass is 16.5. The number of hydrogen-bond acceptors (Lipinski definition) is 7. The summed E-state index contributed by atoms with van der Waals surface area (Å²) in [5.41, 5.74) is 0. The summed E-state index contributed by atoms with van der Waals surface area (Å²) < 4.78 is 17.1. The first-order valence-corrected chi connectivity index (χ1v) is 27.4. The van der Waals surface area contributed by atoms with Crippen molar-refractivity contribution in [2.45, 2.75) is 285 Å². The van der Waals surface area contributed by atoms with Gasteiger partial charge in [0.1, 0.15) is 0 Å². The molecule has 368 valence electrons. The number of esters is 3. The lowest BCUT2D eigenvalue weighted by atomic mass is 9.92. The predicted molar refractivity (Wildman–Crippen MR) is 265 cm³/mol. The Hall–Kier alpha value is -1.63. The van der Waals surface area contributed by atoms with Crippen molar-refractivity contribution in [1.82, 2.24) is 4.90 Å². The molecule has 0 heterocycles. The van der Waals surface area contributed by atoms with Crippen LogP contribution >= 0.6 is 0 Å². The van der Waals surface area contributed by atoms with Gasteiger partial charge in [0.15, 0.2) is 0 Å². The minimum Gasteiger partial charge on any atom is -0.466 e. The highest BCUT2D eigenvalue weighted by Gasteiger charge is 2.20. The zero-order valence-electron chi connectivity index (χ0n) is 42.7. The average Bonchev–Trinajstić information content (AvgIpc) is 3.25. The monoisotopic (exact) mass is 878 g/mol. The molecular weight excluding hydrogens is 771 g/mol. The van der Waals surface area contributed by atoms with E-state index in [-0.39, 0.29) is 23.8 Å². The van der Waals surface area contributed by atoms with Crippen LogP contribution in [0.5, 0.6) is 0 Å². The van der Waals surface area contributed by atoms with Crippen molar-refractivity contribution < 1.29 is 28.6 Å². The Balaban J connectivity index is 4.32. The number of rotatable bonds is 48. The summed E-state index contributed by atoms with van der Waals surface area (Å²) in [6.45, 7) is 16.0. The summed E-state index contributed by atoms with van der Waals surface area (Å²) in [6, 6.07) is 0.499. The number of carbonyl (C=O) groups excluding carboxylic acids is 3. The summed E-state index contributed by atoms with van der Waals surface area (Å²) >= 11 is 0. The molecule has 0 saturated heterocycles. The molecule has 0 aliphatic heterocycles. The molecule has 0 atom stereocenters. The molecule has 0 aliphatic carbocycles. The normalized spacial score (nSPS) is 11.8. The van der Waals surface area contributed by atoms with Gasteiger partial charge in [0.05, 0.1) is 25.7 Å². The van der Waals surface area contributed by atoms with Crippen LogP contribution in [0.3, 0.4) is 0 Å². The first kappa shape index (κ1) is 60.4. The number of unbranched alkanes of at least 4 members (excludes halogenated alkanes) is 22. The molecule has 0 unspecified atom stereocenters. The van der Waals surface area contributed by atoms with E-state index in [0.717, 1.165) is 90.0 Å². The Labute approximate surface area is 386 Å². The van der Waals surface area contributed by atoms with Gasteiger partial charge in [0.2, 0.25) is 0 Å². The van der Waals surface area contributed by atoms with E-state index in [9.17, 15) is 14.4 Å². The molecule has 0 aromatic heterocycles. The molecule has 0 amide bonds. The second-order valence-electron chi connectivity index (χ2n) is 19.6. The maximum atomic E-state index is 13.2. The summed E-state index contributed by atoms with van der Waals surface area (Å²) in [4.78, 5) is 40.6. The van der Waals surface area contributed by atoms with Crippen LogP contribution in [-0.2, 0) is 28.6 Å². The quantitative estimate of drug-likeness (QED) is 0.0342. The Morgan fingerprint density at radius 2 is 0.694 bits per heavy atom. The van der Waals surface area contributed by atoms with E-state index < -0.39 is 0 Å². The average molecular weight is 878 g/mol. The van der Waals surface area contributed by atoms with E-state index in [4.69, 9.17) is 14.2 Å². The molecular formula is C55H107NO6. The van der Waals surface area contributed by atoms with Gasteiger partial charge in [-0.1, -0.05) is 195 Å². The smallest absolute Gasteiger partial charge is 0.308 e. The topological polar surface area (TPSA) is 82.1 Å². The first-order valence-electron chi connectivity index (χ1n) is 27.4. The van der Waals surface area contributed by atoms with Crippen molar-refractivity contribution in [3.05, 3.63) is 0 Å². The lowest BCUT2D eigenvalue weighted by Crippen LogP contribution is -2.28. The predicted octanol–water partition coefficient (Wildman–Crippen LogP) is 16.3. The van der Waals surface area contributed by atoms with Crippen molar-refractivity contribution in [1.29, 1.82) is 0 Å². The van der Waals surface area contributed by atoms with Crippen molar-refractivity contribution in [3.8, 4) is 0 Å². The molecule has 0 N–H and O–H groups in total. The largest absolute Gasteiger partial charge is 0.466 e. The van der Waals surface area contributed by atoms with E-state index in [1.807, 2.05) is 0 Å². The second kappa shape index (κ2) is 45.9. The van der Waals surface area contributed by atoms with Crippen LogP contribution in [0, 0.1) is 17.8 Å². The summed E-state index contributed by atoms with van der Waals surface area (Å²) in [5.74, 6) is 1.05. The third-order valence-corrected chi connectivity index (χ3v) is 13.3. The molecule has 7 nitrogen and oxygen atoms in total. The van der Waals surface area contributed by atoms with Gasteiger partial charge in [-0.2, -0.15) is 0 Å². The van der Waals surface area contributed by atoms with Gasteiger partial charge in [0, 0.05) is 25.4 Å². The Kier molecular flexibility index (Phi) is 44.7. The second-order valence-corrected chi connectivity index (χ2v) is 19.6. The highest BCUT2D eigenvalue weighted by Crippen LogP contribution is 2.24. The lowest BCUT2D eigenvalue weighted by molar-refractivity contribution is -0.149. The number of carbonyl (C=O) groups is 3. The van der Waals surface area contributed by atoms with Crippen LogP contribution < -0.4 is 0 Å². The van der Waals surface area contributed by atoms with Gasteiger partial charge < -0.3 is 19.1 Å². The first-order chi connectivity index (χ1) is 30.2. The molecule has 0 aliphatic rings. The molecule has 0 spiro atoms. The molecule has 0 saturated carbocycles. The molecule has 0 aromatic rings. The Bertz CT molecular complexity index is 907. The molecule has 0 aromatic carbocycles. The van der Waals surface area contributed by atoms with Gasteiger partial charge in [-0.3, -0.25) is 14.4 Å². The third-order valence-electron chi connectivity index (χ3n) is 13.3. The molecule has 62 heavy (non-hydrogen) atoms. The minimum atomic E-state index is 0.0112. The van der Waals surface area contributed by atoms with Crippen molar-refractivity contribution in [3.63, 3.8) is 0 Å². The zero-order chi connectivity index (χ0) is 45.7. The van der Waals surface area contributed by atoms with Gasteiger partial charge in [-0.25, -0.2) is 0 Å². The van der Waals surface area contributed by atoms with Gasteiger partial charge in [-0.05, 0) is 90.5 Å². The summed E-state index contributed by atoms with van der Waals surface area (Å²) in [5, 5.41) is 0. The summed E-state index contributed by atoms with van der Waals surface area (Å²) in [6.07, 6.45) is 42.0. The van der Waals surface area contributed by atoms with Crippen molar-refractivity contribution in [2.75, 3.05) is 33.4 Å². The standard InChI is InChI=1S/C55H107NO6/c1-8-12-28-37-50(38-29-13-9-2)47-53(57)60-44-34-26-22-18-16-20-24-32-41-52(55(59)62-46-36-43-56(7)49(5)6)42-33-25-21-17-19-23-27-35-45-61-54(58)48-51(39-30-14-10-3)40-31-15-11-4/h49-52H,8-48H2,1-7H3. The maximum Gasteiger partial charge on any atom is 0.308 e. The van der Waals surface area contributed by atoms with Crippen LogP contribution in [0.2, 0.25) is 0 Å². The molecule has 7 heteroatoms. The SMILES string of the molecule is CCCCCC(CCCCC)CC(=O)OCCCCCCCCCCC(CCCCCCCCCCOC(=O)CC(CCCCC)CCCCC)C(=O)OCCCN(C)C(C)C. The molecule has 0 fully saturated rings. The van der Waals surface area contributed by atoms with Crippen LogP contribution in [-0.4, -0.2) is 62.3 Å². The van der Waals surface area contributed by atoms with E-state index in [1.165, 1.54) is 141 Å². The highest BCUT2D eigenvalue weighted by molar-refractivity contribution is 5.72. The van der Waals surface area contributed by atoms with Gasteiger partial charge >= 0.3 is 17.9 Å². The Morgan fingerprint density at radius 1 is 0.387 bits per heavy atom. The number of nitrogens with zero attached hydrogens (tertiary/aromatic N) is 1. The van der Waals surface area contributed by atoms with Gasteiger partial charge in [0.25, 0.3) is 0 Å². The van der Waals surface area contributed by atoms with E-state index in [2.05, 4.69) is 53.5 Å². The van der Waals surface area contributed by atoms with Gasteiger partial charge in [-0.15, -0.1) is 0 Å². The third kappa shape index (κ3) is 39.9. The lowest BCUT2D eigenvalue weighted by Gasteiger charge is -2.21. The van der Waals surface area contributed by atoms with E-state index in [1.54, 1.807) is 0 Å². The molecule has 0 radical (unpaired) electrons. The Morgan fingerprint density at radius 3 is 1.03 bits per heavy atom. The molecule has 0 rings (SSSR count). The number of hydrogen-bond donors (Lipinski definition) is 0. The number of ether oxygens (including phenoxy) is 3. The van der Waals surface area contributed by atoms with Crippen LogP contribution in [0.4, 0.5) is 0 Å². The van der Waals surface area contributed by atoms with Crippen LogP contribution in [0.25, 0.3) is 0 Å².